The van der Waals surface area contributed by atoms with Crippen LogP contribution in [0.25, 0.3) is 0 Å². The Morgan fingerprint density at radius 3 is 2.25 bits per heavy atom. The molecule has 2 aromatic carbocycles. The van der Waals surface area contributed by atoms with E-state index in [0.29, 0.717) is 13.2 Å². The molecule has 170 valence electrons. The highest BCUT2D eigenvalue weighted by atomic mass is 16.6. The number of likely N-dealkylation sites (tertiary alicyclic amines) is 1. The lowest BCUT2D eigenvalue weighted by Crippen LogP contribution is -2.68. The average molecular weight is 437 g/mol. The van der Waals surface area contributed by atoms with Gasteiger partial charge in [0.25, 0.3) is 0 Å². The van der Waals surface area contributed by atoms with Gasteiger partial charge in [-0.05, 0) is 45.7 Å². The monoisotopic (exact) mass is 436 g/mol. The Morgan fingerprint density at radius 1 is 1.06 bits per heavy atom. The van der Waals surface area contributed by atoms with E-state index in [2.05, 4.69) is 0 Å². The normalized spacial score (nSPS) is 24.9. The van der Waals surface area contributed by atoms with E-state index in [0.717, 1.165) is 11.1 Å². The van der Waals surface area contributed by atoms with Crippen LogP contribution in [-0.4, -0.2) is 51.8 Å². The number of rotatable bonds is 4. The van der Waals surface area contributed by atoms with Gasteiger partial charge in [0.1, 0.15) is 11.3 Å². The van der Waals surface area contributed by atoms with Crippen molar-refractivity contribution in [2.45, 2.75) is 70.5 Å². The number of hydrogen-bond acceptors (Lipinski definition) is 4. The molecule has 0 saturated carbocycles. The molecule has 0 radical (unpaired) electrons. The second kappa shape index (κ2) is 8.24. The van der Waals surface area contributed by atoms with Gasteiger partial charge >= 0.3 is 6.09 Å². The number of nitrogens with zero attached hydrogens (tertiary/aromatic N) is 2. The van der Waals surface area contributed by atoms with Crippen molar-refractivity contribution < 1.29 is 19.1 Å². The quantitative estimate of drug-likeness (QED) is 0.660. The summed E-state index contributed by atoms with van der Waals surface area (Å²) in [5, 5.41) is 0. The zero-order chi connectivity index (χ0) is 23.1. The van der Waals surface area contributed by atoms with Crippen LogP contribution in [0.1, 0.15) is 51.7 Å². The molecule has 6 heteroatoms. The first-order valence-electron chi connectivity index (χ1n) is 11.1. The number of benzene rings is 2. The Hall–Kier alpha value is -2.86. The van der Waals surface area contributed by atoms with E-state index in [9.17, 15) is 9.59 Å². The smallest absolute Gasteiger partial charge is 0.412 e. The molecule has 2 aromatic rings. The van der Waals surface area contributed by atoms with Gasteiger partial charge in [0, 0.05) is 6.54 Å². The van der Waals surface area contributed by atoms with Gasteiger partial charge in [-0.2, -0.15) is 0 Å². The molecule has 0 unspecified atom stereocenters. The lowest BCUT2D eigenvalue weighted by Gasteiger charge is -2.52. The van der Waals surface area contributed by atoms with E-state index in [4.69, 9.17) is 9.47 Å². The van der Waals surface area contributed by atoms with E-state index in [1.165, 1.54) is 0 Å². The Morgan fingerprint density at radius 2 is 1.66 bits per heavy atom. The first-order chi connectivity index (χ1) is 15.1. The van der Waals surface area contributed by atoms with Gasteiger partial charge in [-0.3, -0.25) is 9.69 Å². The van der Waals surface area contributed by atoms with Crippen LogP contribution in [0, 0.1) is 0 Å². The molecule has 2 amide bonds. The molecular weight excluding hydrogens is 404 g/mol. The Kier molecular flexibility index (Phi) is 5.76. The molecule has 32 heavy (non-hydrogen) atoms. The Bertz CT molecular complexity index is 968. The molecule has 2 fully saturated rings. The van der Waals surface area contributed by atoms with Gasteiger partial charge in [0.15, 0.2) is 0 Å². The summed E-state index contributed by atoms with van der Waals surface area (Å²) in [4.78, 5) is 30.2. The minimum Gasteiger partial charge on any atom is -0.444 e. The van der Waals surface area contributed by atoms with Crippen molar-refractivity contribution in [2.24, 2.45) is 0 Å². The summed E-state index contributed by atoms with van der Waals surface area (Å²) >= 11 is 0. The summed E-state index contributed by atoms with van der Waals surface area (Å²) < 4.78 is 11.8. The molecule has 0 N–H and O–H groups in total. The minimum atomic E-state index is -0.828. The predicted octanol–water partition coefficient (Wildman–Crippen LogP) is 4.55. The van der Waals surface area contributed by atoms with Crippen LogP contribution in [0.2, 0.25) is 0 Å². The van der Waals surface area contributed by atoms with Gasteiger partial charge in [0.2, 0.25) is 5.91 Å². The van der Waals surface area contributed by atoms with E-state index in [1.54, 1.807) is 4.90 Å². The first-order valence-corrected chi connectivity index (χ1v) is 11.1. The van der Waals surface area contributed by atoms with Crippen molar-refractivity contribution in [3.05, 3.63) is 71.8 Å². The van der Waals surface area contributed by atoms with Crippen LogP contribution in [0.15, 0.2) is 60.7 Å². The number of amides is 2. The average Bonchev–Trinajstić information content (AvgIpc) is 3.04. The minimum absolute atomic E-state index is 0.0684. The summed E-state index contributed by atoms with van der Waals surface area (Å²) in [6.45, 7) is 10.1. The molecule has 0 spiro atoms. The second-order valence-electron chi connectivity index (χ2n) is 10.0. The molecule has 3 atom stereocenters. The van der Waals surface area contributed by atoms with Crippen molar-refractivity contribution >= 4 is 12.0 Å². The molecule has 4 rings (SSSR count). The van der Waals surface area contributed by atoms with Crippen molar-refractivity contribution in [1.29, 1.82) is 0 Å². The van der Waals surface area contributed by atoms with Gasteiger partial charge < -0.3 is 14.4 Å². The van der Waals surface area contributed by atoms with Gasteiger partial charge in [-0.15, -0.1) is 0 Å². The number of β-lactam (4-membered cyclic amide) rings is 1. The standard InChI is InChI=1S/C26H32N2O4/c1-25(2,3)32-24(30)28-20(17-31-26(28,4)5)22-21(19-14-10-7-11-15-19)23(29)27(22)16-18-12-8-6-9-13-18/h6-15,20-22H,16-17H2,1-5H3/t20-,21+,22+/m0/s1. The largest absolute Gasteiger partial charge is 0.444 e. The number of hydrogen-bond donors (Lipinski definition) is 0. The Labute approximate surface area is 190 Å². The summed E-state index contributed by atoms with van der Waals surface area (Å²) in [6, 6.07) is 19.2. The molecule has 2 heterocycles. The Balaban J connectivity index is 1.69. The fourth-order valence-electron chi connectivity index (χ4n) is 4.71. The number of carbonyl (C=O) groups is 2. The van der Waals surface area contributed by atoms with Crippen molar-refractivity contribution in [2.75, 3.05) is 6.61 Å². The van der Waals surface area contributed by atoms with Crippen LogP contribution >= 0.6 is 0 Å². The number of ether oxygens (including phenoxy) is 2. The lowest BCUT2D eigenvalue weighted by molar-refractivity contribution is -0.155. The van der Waals surface area contributed by atoms with Crippen LogP contribution < -0.4 is 0 Å². The van der Waals surface area contributed by atoms with Crippen molar-refractivity contribution in [1.82, 2.24) is 9.80 Å². The maximum Gasteiger partial charge on any atom is 0.412 e. The zero-order valence-electron chi connectivity index (χ0n) is 19.4. The highest BCUT2D eigenvalue weighted by molar-refractivity contribution is 5.91. The topological polar surface area (TPSA) is 59.1 Å². The SMILES string of the molecule is CC(C)(C)OC(=O)N1[C@H]([C@@H]2[C@@H](c3ccccc3)C(=O)N2Cc2ccccc2)COC1(C)C. The molecule has 2 aliphatic heterocycles. The molecule has 0 aliphatic carbocycles. The molecule has 2 saturated heterocycles. The maximum absolute atomic E-state index is 13.4. The first kappa shape index (κ1) is 22.3. The highest BCUT2D eigenvalue weighted by Crippen LogP contribution is 2.44. The maximum atomic E-state index is 13.4. The molecular formula is C26H32N2O4. The second-order valence-corrected chi connectivity index (χ2v) is 10.0. The molecule has 6 nitrogen and oxygen atoms in total. The van der Waals surface area contributed by atoms with E-state index in [1.807, 2.05) is 100 Å². The molecule has 0 aromatic heterocycles. The molecule has 2 aliphatic rings. The van der Waals surface area contributed by atoms with Crippen LogP contribution in [-0.2, 0) is 20.8 Å². The van der Waals surface area contributed by atoms with E-state index >= 15 is 0 Å². The molecule has 0 bridgehead atoms. The fourth-order valence-corrected chi connectivity index (χ4v) is 4.71. The summed E-state index contributed by atoms with van der Waals surface area (Å²) in [5.41, 5.74) is 0.559. The third kappa shape index (κ3) is 4.24. The van der Waals surface area contributed by atoms with Crippen LogP contribution in [0.5, 0.6) is 0 Å². The fraction of sp³-hybridized carbons (Fsp3) is 0.462. The predicted molar refractivity (Wildman–Crippen MR) is 122 cm³/mol. The third-order valence-electron chi connectivity index (χ3n) is 6.11. The highest BCUT2D eigenvalue weighted by Gasteiger charge is 2.58. The lowest BCUT2D eigenvalue weighted by atomic mass is 9.77. The van der Waals surface area contributed by atoms with Crippen molar-refractivity contribution in [3.63, 3.8) is 0 Å². The summed E-state index contributed by atoms with van der Waals surface area (Å²) in [5.74, 6) is -0.258. The van der Waals surface area contributed by atoms with Crippen molar-refractivity contribution in [3.8, 4) is 0 Å². The van der Waals surface area contributed by atoms with Crippen LogP contribution in [0.4, 0.5) is 4.79 Å². The summed E-state index contributed by atoms with van der Waals surface area (Å²) in [7, 11) is 0. The third-order valence-corrected chi connectivity index (χ3v) is 6.11. The van der Waals surface area contributed by atoms with Gasteiger partial charge in [-0.25, -0.2) is 4.79 Å². The van der Waals surface area contributed by atoms with Gasteiger partial charge in [-0.1, -0.05) is 60.7 Å². The van der Waals surface area contributed by atoms with E-state index in [-0.39, 0.29) is 23.9 Å². The zero-order valence-corrected chi connectivity index (χ0v) is 19.4. The van der Waals surface area contributed by atoms with Crippen LogP contribution in [0.3, 0.4) is 0 Å². The van der Waals surface area contributed by atoms with E-state index < -0.39 is 17.4 Å². The number of carbonyl (C=O) groups excluding carboxylic acids is 2. The summed E-state index contributed by atoms with van der Waals surface area (Å²) in [6.07, 6.45) is -0.421. The van der Waals surface area contributed by atoms with Gasteiger partial charge in [0.05, 0.1) is 24.6 Å².